The lowest BCUT2D eigenvalue weighted by molar-refractivity contribution is 0.860. The van der Waals surface area contributed by atoms with E-state index in [4.69, 9.17) is 0 Å². The number of nitrogens with zero attached hydrogens (tertiary/aromatic N) is 2. The first-order valence-corrected chi connectivity index (χ1v) is 7.73. The van der Waals surface area contributed by atoms with E-state index in [-0.39, 0.29) is 6.04 Å². The van der Waals surface area contributed by atoms with E-state index in [9.17, 15) is 0 Å². The van der Waals surface area contributed by atoms with Gasteiger partial charge in [0.05, 0.1) is 6.04 Å². The lowest BCUT2D eigenvalue weighted by Crippen LogP contribution is -2.10. The highest BCUT2D eigenvalue weighted by Crippen LogP contribution is 2.17. The highest BCUT2D eigenvalue weighted by molar-refractivity contribution is 5.41. The molecule has 0 radical (unpaired) electrons. The van der Waals surface area contributed by atoms with Gasteiger partial charge >= 0.3 is 0 Å². The zero-order valence-electron chi connectivity index (χ0n) is 13.1. The van der Waals surface area contributed by atoms with Crippen molar-refractivity contribution in [3.05, 3.63) is 84.1 Å². The van der Waals surface area contributed by atoms with Crippen LogP contribution in [0.15, 0.2) is 72.9 Å². The highest BCUT2D eigenvalue weighted by atomic mass is 15.1. The summed E-state index contributed by atoms with van der Waals surface area (Å²) < 4.78 is 0. The fourth-order valence-corrected chi connectivity index (χ4v) is 2.33. The second kappa shape index (κ2) is 7.40. The molecule has 3 aromatic rings. The van der Waals surface area contributed by atoms with E-state index in [0.29, 0.717) is 5.95 Å². The number of hydrogen-bond acceptors (Lipinski definition) is 4. The summed E-state index contributed by atoms with van der Waals surface area (Å²) in [5.74, 6) is 1.44. The minimum absolute atomic E-state index is 0.153. The molecule has 0 saturated carbocycles. The predicted molar refractivity (Wildman–Crippen MR) is 94.3 cm³/mol. The largest absolute Gasteiger partial charge is 0.366 e. The van der Waals surface area contributed by atoms with Crippen LogP contribution >= 0.6 is 0 Å². The van der Waals surface area contributed by atoms with E-state index in [1.54, 1.807) is 6.20 Å². The summed E-state index contributed by atoms with van der Waals surface area (Å²) in [5, 5.41) is 6.66. The molecular formula is C19H20N4. The summed E-state index contributed by atoms with van der Waals surface area (Å²) in [7, 11) is 0. The number of nitrogens with one attached hydrogen (secondary N) is 2. The molecule has 23 heavy (non-hydrogen) atoms. The Labute approximate surface area is 136 Å². The van der Waals surface area contributed by atoms with Crippen LogP contribution in [0.5, 0.6) is 0 Å². The standard InChI is InChI=1S/C19H20N4/c1-15(17-10-6-3-7-11-17)22-19-20-13-12-18(23-19)21-14-16-8-4-2-5-9-16/h2-13,15H,14H2,1H3,(H2,20,21,22,23). The molecule has 0 aliphatic rings. The van der Waals surface area contributed by atoms with Crippen LogP contribution in [-0.2, 0) is 6.54 Å². The quantitative estimate of drug-likeness (QED) is 0.714. The van der Waals surface area contributed by atoms with Crippen molar-refractivity contribution in [2.75, 3.05) is 10.6 Å². The van der Waals surface area contributed by atoms with Crippen molar-refractivity contribution < 1.29 is 0 Å². The average molecular weight is 304 g/mol. The first kappa shape index (κ1) is 15.0. The monoisotopic (exact) mass is 304 g/mol. The molecule has 4 heteroatoms. The van der Waals surface area contributed by atoms with Gasteiger partial charge in [-0.15, -0.1) is 0 Å². The van der Waals surface area contributed by atoms with Gasteiger partial charge in [-0.25, -0.2) is 4.98 Å². The minimum Gasteiger partial charge on any atom is -0.366 e. The topological polar surface area (TPSA) is 49.8 Å². The van der Waals surface area contributed by atoms with Crippen LogP contribution in [0.1, 0.15) is 24.1 Å². The van der Waals surface area contributed by atoms with E-state index in [1.807, 2.05) is 42.5 Å². The molecule has 116 valence electrons. The van der Waals surface area contributed by atoms with Gasteiger partial charge in [0.2, 0.25) is 5.95 Å². The number of benzene rings is 2. The van der Waals surface area contributed by atoms with Crippen LogP contribution in [0.25, 0.3) is 0 Å². The van der Waals surface area contributed by atoms with Gasteiger partial charge in [-0.2, -0.15) is 4.98 Å². The van der Waals surface area contributed by atoms with Crippen molar-refractivity contribution in [3.63, 3.8) is 0 Å². The number of anilines is 2. The molecule has 0 aliphatic carbocycles. The molecule has 4 nitrogen and oxygen atoms in total. The van der Waals surface area contributed by atoms with Gasteiger partial charge < -0.3 is 10.6 Å². The second-order valence-electron chi connectivity index (χ2n) is 5.38. The maximum Gasteiger partial charge on any atom is 0.225 e. The van der Waals surface area contributed by atoms with Gasteiger partial charge in [0.1, 0.15) is 5.82 Å². The lowest BCUT2D eigenvalue weighted by atomic mass is 10.1. The minimum atomic E-state index is 0.153. The summed E-state index contributed by atoms with van der Waals surface area (Å²) in [6, 6.07) is 22.6. The average Bonchev–Trinajstić information content (AvgIpc) is 2.62. The van der Waals surface area contributed by atoms with Crippen LogP contribution in [0, 0.1) is 0 Å². The molecule has 1 aromatic heterocycles. The Hall–Kier alpha value is -2.88. The summed E-state index contributed by atoms with van der Waals surface area (Å²) in [5.41, 5.74) is 2.43. The van der Waals surface area contributed by atoms with Gasteiger partial charge in [-0.3, -0.25) is 0 Å². The molecule has 0 saturated heterocycles. The Morgan fingerprint density at radius 2 is 1.61 bits per heavy atom. The van der Waals surface area contributed by atoms with E-state index >= 15 is 0 Å². The van der Waals surface area contributed by atoms with E-state index in [2.05, 4.69) is 51.8 Å². The fraction of sp³-hybridized carbons (Fsp3) is 0.158. The van der Waals surface area contributed by atoms with Crippen LogP contribution < -0.4 is 10.6 Å². The summed E-state index contributed by atoms with van der Waals surface area (Å²) in [6.07, 6.45) is 1.76. The SMILES string of the molecule is CC(Nc1nccc(NCc2ccccc2)n1)c1ccccc1. The molecule has 0 spiro atoms. The number of rotatable bonds is 6. The fourth-order valence-electron chi connectivity index (χ4n) is 2.33. The van der Waals surface area contributed by atoms with Crippen molar-refractivity contribution in [1.82, 2.24) is 9.97 Å². The molecule has 1 heterocycles. The van der Waals surface area contributed by atoms with Crippen molar-refractivity contribution in [2.45, 2.75) is 19.5 Å². The summed E-state index contributed by atoms with van der Waals surface area (Å²) >= 11 is 0. The van der Waals surface area contributed by atoms with Crippen molar-refractivity contribution in [1.29, 1.82) is 0 Å². The van der Waals surface area contributed by atoms with Crippen molar-refractivity contribution in [2.24, 2.45) is 0 Å². The van der Waals surface area contributed by atoms with Crippen molar-refractivity contribution in [3.8, 4) is 0 Å². The van der Waals surface area contributed by atoms with Crippen LogP contribution in [0.3, 0.4) is 0 Å². The third-order valence-corrected chi connectivity index (χ3v) is 3.62. The molecule has 2 aromatic carbocycles. The van der Waals surface area contributed by atoms with Gasteiger partial charge in [-0.05, 0) is 24.1 Å². The van der Waals surface area contributed by atoms with Gasteiger partial charge in [0.25, 0.3) is 0 Å². The Bertz CT molecular complexity index is 729. The van der Waals surface area contributed by atoms with Gasteiger partial charge in [-0.1, -0.05) is 60.7 Å². The van der Waals surface area contributed by atoms with E-state index < -0.39 is 0 Å². The number of aromatic nitrogens is 2. The molecule has 1 atom stereocenters. The number of hydrogen-bond donors (Lipinski definition) is 2. The Morgan fingerprint density at radius 3 is 2.35 bits per heavy atom. The zero-order chi connectivity index (χ0) is 15.9. The smallest absolute Gasteiger partial charge is 0.225 e. The third kappa shape index (κ3) is 4.30. The lowest BCUT2D eigenvalue weighted by Gasteiger charge is -2.14. The zero-order valence-corrected chi connectivity index (χ0v) is 13.1. The molecule has 2 N–H and O–H groups in total. The molecule has 3 rings (SSSR count). The van der Waals surface area contributed by atoms with Crippen LogP contribution in [0.2, 0.25) is 0 Å². The second-order valence-corrected chi connectivity index (χ2v) is 5.38. The maximum atomic E-state index is 4.52. The predicted octanol–water partition coefficient (Wildman–Crippen LogP) is 4.26. The molecule has 0 aliphatic heterocycles. The van der Waals surface area contributed by atoms with E-state index in [0.717, 1.165) is 12.4 Å². The van der Waals surface area contributed by atoms with Gasteiger partial charge in [0, 0.05) is 12.7 Å². The normalized spacial score (nSPS) is 11.7. The Morgan fingerprint density at radius 1 is 0.913 bits per heavy atom. The Kier molecular flexibility index (Phi) is 4.84. The summed E-state index contributed by atoms with van der Waals surface area (Å²) in [4.78, 5) is 8.82. The van der Waals surface area contributed by atoms with Crippen LogP contribution in [0.4, 0.5) is 11.8 Å². The molecular weight excluding hydrogens is 284 g/mol. The molecule has 0 bridgehead atoms. The molecule has 0 amide bonds. The van der Waals surface area contributed by atoms with Gasteiger partial charge in [0.15, 0.2) is 0 Å². The van der Waals surface area contributed by atoms with E-state index in [1.165, 1.54) is 11.1 Å². The first-order chi connectivity index (χ1) is 11.3. The highest BCUT2D eigenvalue weighted by Gasteiger charge is 2.06. The third-order valence-electron chi connectivity index (χ3n) is 3.62. The molecule has 0 fully saturated rings. The maximum absolute atomic E-state index is 4.52. The molecule has 1 unspecified atom stereocenters. The first-order valence-electron chi connectivity index (χ1n) is 7.73. The van der Waals surface area contributed by atoms with Crippen molar-refractivity contribution >= 4 is 11.8 Å². The summed E-state index contributed by atoms with van der Waals surface area (Å²) in [6.45, 7) is 2.84. The Balaban J connectivity index is 1.63. The van der Waals surface area contributed by atoms with Crippen LogP contribution in [-0.4, -0.2) is 9.97 Å².